The van der Waals surface area contributed by atoms with Crippen LogP contribution in [0, 0.1) is 3.57 Å². The first-order valence-corrected chi connectivity index (χ1v) is 5.65. The van der Waals surface area contributed by atoms with E-state index in [1.54, 1.807) is 19.2 Å². The average Bonchev–Trinajstić information content (AvgIpc) is 2.65. The summed E-state index contributed by atoms with van der Waals surface area (Å²) in [6.07, 6.45) is 1.39. The van der Waals surface area contributed by atoms with Crippen molar-refractivity contribution in [2.45, 2.75) is 0 Å². The molecule has 82 valence electrons. The van der Waals surface area contributed by atoms with E-state index in [2.05, 4.69) is 38.0 Å². The molecule has 0 saturated heterocycles. The van der Waals surface area contributed by atoms with Gasteiger partial charge in [0, 0.05) is 16.2 Å². The fraction of sp³-hybridized carbons (Fsp3) is 0.100. The minimum absolute atomic E-state index is 0.187. The van der Waals surface area contributed by atoms with Crippen molar-refractivity contribution in [2.24, 2.45) is 7.05 Å². The van der Waals surface area contributed by atoms with E-state index in [-0.39, 0.29) is 5.91 Å². The molecule has 0 radical (unpaired) electrons. The molecule has 16 heavy (non-hydrogen) atoms. The summed E-state index contributed by atoms with van der Waals surface area (Å²) in [4.78, 5) is 15.7. The van der Waals surface area contributed by atoms with Crippen molar-refractivity contribution in [3.05, 3.63) is 39.7 Å². The Bertz CT molecular complexity index is 506. The van der Waals surface area contributed by atoms with Crippen LogP contribution < -0.4 is 5.32 Å². The molecular weight excluding hydrogens is 319 g/mol. The Labute approximate surface area is 106 Å². The molecule has 0 aliphatic rings. The molecule has 5 nitrogen and oxygen atoms in total. The monoisotopic (exact) mass is 328 g/mol. The van der Waals surface area contributed by atoms with Crippen molar-refractivity contribution in [3.8, 4) is 0 Å². The molecule has 0 fully saturated rings. The van der Waals surface area contributed by atoms with Crippen molar-refractivity contribution in [3.63, 3.8) is 0 Å². The van der Waals surface area contributed by atoms with Gasteiger partial charge in [0.25, 0.3) is 5.91 Å². The maximum Gasteiger partial charge on any atom is 0.258 e. The second-order valence-electron chi connectivity index (χ2n) is 3.17. The van der Waals surface area contributed by atoms with Crippen molar-refractivity contribution >= 4 is 34.4 Å². The highest BCUT2D eigenvalue weighted by Crippen LogP contribution is 2.08. The smallest absolute Gasteiger partial charge is 0.258 e. The van der Waals surface area contributed by atoms with Gasteiger partial charge in [0.15, 0.2) is 0 Å². The Morgan fingerprint density at radius 1 is 1.38 bits per heavy atom. The Morgan fingerprint density at radius 2 is 2.06 bits per heavy atom. The summed E-state index contributed by atoms with van der Waals surface area (Å²) in [5.74, 6) is 0.246. The summed E-state index contributed by atoms with van der Waals surface area (Å²) >= 11 is 2.19. The lowest BCUT2D eigenvalue weighted by molar-refractivity contribution is 0.102. The van der Waals surface area contributed by atoms with Crippen LogP contribution in [0.3, 0.4) is 0 Å². The minimum atomic E-state index is -0.187. The number of halogens is 1. The quantitative estimate of drug-likeness (QED) is 0.853. The summed E-state index contributed by atoms with van der Waals surface area (Å²) in [7, 11) is 1.72. The number of amides is 1. The van der Waals surface area contributed by atoms with Gasteiger partial charge in [-0.3, -0.25) is 10.1 Å². The summed E-state index contributed by atoms with van der Waals surface area (Å²) < 4.78 is 2.60. The molecule has 2 aromatic rings. The van der Waals surface area contributed by atoms with Crippen molar-refractivity contribution < 1.29 is 4.79 Å². The fourth-order valence-corrected chi connectivity index (χ4v) is 1.54. The van der Waals surface area contributed by atoms with Crippen molar-refractivity contribution in [1.82, 2.24) is 14.8 Å². The maximum absolute atomic E-state index is 11.8. The molecule has 0 aliphatic heterocycles. The van der Waals surface area contributed by atoms with Gasteiger partial charge in [0.2, 0.25) is 5.95 Å². The molecule has 1 N–H and O–H groups in total. The highest BCUT2D eigenvalue weighted by molar-refractivity contribution is 14.1. The van der Waals surface area contributed by atoms with Gasteiger partial charge in [-0.2, -0.15) is 10.1 Å². The lowest BCUT2D eigenvalue weighted by Gasteiger charge is -2.03. The molecular formula is C10H9IN4O. The van der Waals surface area contributed by atoms with Gasteiger partial charge >= 0.3 is 0 Å². The number of carbonyl (C=O) groups excluding carboxylic acids is 1. The van der Waals surface area contributed by atoms with E-state index in [1.807, 2.05) is 12.1 Å². The summed E-state index contributed by atoms with van der Waals surface area (Å²) in [6.45, 7) is 0. The zero-order chi connectivity index (χ0) is 11.5. The van der Waals surface area contributed by atoms with Crippen LogP contribution in [0.15, 0.2) is 30.6 Å². The zero-order valence-electron chi connectivity index (χ0n) is 8.51. The summed E-state index contributed by atoms with van der Waals surface area (Å²) in [5.41, 5.74) is 0.600. The standard InChI is InChI=1S/C10H9IN4O/c1-15-10(12-6-13-15)14-9(16)7-2-4-8(11)5-3-7/h2-6H,1H3,(H,12,13,14,16). The van der Waals surface area contributed by atoms with Crippen LogP contribution in [-0.4, -0.2) is 20.7 Å². The molecule has 1 heterocycles. The predicted octanol–water partition coefficient (Wildman–Crippen LogP) is 1.67. The number of hydrogen-bond acceptors (Lipinski definition) is 3. The number of anilines is 1. The second kappa shape index (κ2) is 4.60. The Balaban J connectivity index is 2.15. The van der Waals surface area contributed by atoms with Crippen LogP contribution in [0.1, 0.15) is 10.4 Å². The summed E-state index contributed by atoms with van der Waals surface area (Å²) in [5, 5.41) is 6.54. The molecule has 1 aromatic carbocycles. The Hall–Kier alpha value is -1.44. The first-order chi connectivity index (χ1) is 7.66. The molecule has 0 unspecified atom stereocenters. The fourth-order valence-electron chi connectivity index (χ4n) is 1.18. The van der Waals surface area contributed by atoms with E-state index in [1.165, 1.54) is 11.0 Å². The van der Waals surface area contributed by atoms with Gasteiger partial charge in [-0.25, -0.2) is 4.68 Å². The molecule has 0 aliphatic carbocycles. The van der Waals surface area contributed by atoms with Crippen LogP contribution in [0.4, 0.5) is 5.95 Å². The van der Waals surface area contributed by atoms with E-state index in [0.29, 0.717) is 11.5 Å². The summed E-state index contributed by atoms with van der Waals surface area (Å²) in [6, 6.07) is 7.30. The number of aromatic nitrogens is 3. The number of rotatable bonds is 2. The van der Waals surface area contributed by atoms with Crippen molar-refractivity contribution in [2.75, 3.05) is 5.32 Å². The van der Waals surface area contributed by atoms with Crippen molar-refractivity contribution in [1.29, 1.82) is 0 Å². The normalized spacial score (nSPS) is 10.1. The third-order valence-electron chi connectivity index (χ3n) is 2.04. The molecule has 0 spiro atoms. The SMILES string of the molecule is Cn1ncnc1NC(=O)c1ccc(I)cc1. The lowest BCUT2D eigenvalue weighted by Crippen LogP contribution is -2.15. The van der Waals surface area contributed by atoms with Gasteiger partial charge < -0.3 is 0 Å². The van der Waals surface area contributed by atoms with Crippen LogP contribution in [0.2, 0.25) is 0 Å². The first-order valence-electron chi connectivity index (χ1n) is 4.58. The average molecular weight is 328 g/mol. The topological polar surface area (TPSA) is 59.8 Å². The van der Waals surface area contributed by atoms with Gasteiger partial charge in [-0.1, -0.05) is 0 Å². The Kier molecular flexibility index (Phi) is 3.18. The van der Waals surface area contributed by atoms with E-state index in [0.717, 1.165) is 3.57 Å². The molecule has 0 bridgehead atoms. The lowest BCUT2D eigenvalue weighted by atomic mass is 10.2. The number of nitrogens with one attached hydrogen (secondary N) is 1. The van der Waals surface area contributed by atoms with Gasteiger partial charge in [0.05, 0.1) is 0 Å². The highest BCUT2D eigenvalue weighted by atomic mass is 127. The van der Waals surface area contributed by atoms with E-state index >= 15 is 0 Å². The molecule has 0 atom stereocenters. The van der Waals surface area contributed by atoms with Crippen LogP contribution >= 0.6 is 22.6 Å². The number of carbonyl (C=O) groups is 1. The number of hydrogen-bond donors (Lipinski definition) is 1. The third-order valence-corrected chi connectivity index (χ3v) is 2.76. The van der Waals surface area contributed by atoms with Crippen LogP contribution in [-0.2, 0) is 7.05 Å². The molecule has 6 heteroatoms. The van der Waals surface area contributed by atoms with Crippen LogP contribution in [0.5, 0.6) is 0 Å². The largest absolute Gasteiger partial charge is 0.291 e. The second-order valence-corrected chi connectivity index (χ2v) is 4.41. The molecule has 1 aromatic heterocycles. The van der Waals surface area contributed by atoms with Gasteiger partial charge in [0.1, 0.15) is 6.33 Å². The zero-order valence-corrected chi connectivity index (χ0v) is 10.7. The first kappa shape index (κ1) is 11.1. The molecule has 0 saturated carbocycles. The molecule has 2 rings (SSSR count). The highest BCUT2D eigenvalue weighted by Gasteiger charge is 2.08. The number of benzene rings is 1. The Morgan fingerprint density at radius 3 is 2.62 bits per heavy atom. The van der Waals surface area contributed by atoms with Gasteiger partial charge in [-0.15, -0.1) is 0 Å². The van der Waals surface area contributed by atoms with E-state index < -0.39 is 0 Å². The predicted molar refractivity (Wildman–Crippen MR) is 68.1 cm³/mol. The third kappa shape index (κ3) is 2.38. The minimum Gasteiger partial charge on any atom is -0.291 e. The van der Waals surface area contributed by atoms with E-state index in [4.69, 9.17) is 0 Å². The number of nitrogens with zero attached hydrogens (tertiary/aromatic N) is 3. The van der Waals surface area contributed by atoms with Crippen LogP contribution in [0.25, 0.3) is 0 Å². The van der Waals surface area contributed by atoms with Gasteiger partial charge in [-0.05, 0) is 46.9 Å². The van der Waals surface area contributed by atoms with E-state index in [9.17, 15) is 4.79 Å². The maximum atomic E-state index is 11.8. The molecule has 1 amide bonds. The number of aryl methyl sites for hydroxylation is 1.